The Kier molecular flexibility index (Phi) is 5.51. The minimum Gasteiger partial charge on any atom is -0.166 e. The van der Waals surface area contributed by atoms with E-state index < -0.39 is 11.7 Å². The average Bonchev–Trinajstić information content (AvgIpc) is 2.28. The van der Waals surface area contributed by atoms with Crippen LogP contribution in [0.15, 0.2) is 18.2 Å². The first-order chi connectivity index (χ1) is 8.36. The number of alkyl halides is 3. The molecule has 1 aromatic rings. The third-order valence-corrected chi connectivity index (χ3v) is 3.33. The molecule has 0 saturated heterocycles. The predicted molar refractivity (Wildman–Crippen MR) is 69.0 cm³/mol. The van der Waals surface area contributed by atoms with Crippen LogP contribution in [0.1, 0.15) is 56.6 Å². The maximum Gasteiger partial charge on any atom is 0.416 e. The van der Waals surface area contributed by atoms with Crippen molar-refractivity contribution in [2.75, 3.05) is 0 Å². The lowest BCUT2D eigenvalue weighted by molar-refractivity contribution is -0.138. The van der Waals surface area contributed by atoms with Crippen LogP contribution in [0, 0.1) is 0 Å². The maximum atomic E-state index is 12.9. The Hall–Kier alpha value is -0.700. The number of unbranched alkanes of at least 4 members (excludes halogenated alkanes) is 2. The molecule has 1 rings (SSSR count). The molecule has 0 heterocycles. The first kappa shape index (κ1) is 15.4. The molecule has 1 aromatic carbocycles. The Bertz CT molecular complexity index is 385. The Labute approximate surface area is 111 Å². The first-order valence-electron chi connectivity index (χ1n) is 6.23. The van der Waals surface area contributed by atoms with Gasteiger partial charge in [0.1, 0.15) is 0 Å². The van der Waals surface area contributed by atoms with Crippen LogP contribution in [0.4, 0.5) is 13.2 Å². The standard InChI is InChI=1S/C14H18ClF3/c1-3-4-5-6-10(2)12-8-7-11(15)9-13(12)14(16,17)18/h7-10H,3-6H2,1-2H3. The third-order valence-electron chi connectivity index (χ3n) is 3.09. The van der Waals surface area contributed by atoms with Crippen molar-refractivity contribution in [2.45, 2.75) is 51.6 Å². The molecule has 1 atom stereocenters. The second-order valence-corrected chi connectivity index (χ2v) is 5.06. The summed E-state index contributed by atoms with van der Waals surface area (Å²) in [4.78, 5) is 0. The van der Waals surface area contributed by atoms with Gasteiger partial charge >= 0.3 is 6.18 Å². The zero-order valence-corrected chi connectivity index (χ0v) is 11.4. The Morgan fingerprint density at radius 2 is 1.89 bits per heavy atom. The molecule has 18 heavy (non-hydrogen) atoms. The van der Waals surface area contributed by atoms with Crippen LogP contribution < -0.4 is 0 Å². The summed E-state index contributed by atoms with van der Waals surface area (Å²) in [6.07, 6.45) is -0.478. The van der Waals surface area contributed by atoms with E-state index in [2.05, 4.69) is 6.92 Å². The van der Waals surface area contributed by atoms with Crippen molar-refractivity contribution in [3.63, 3.8) is 0 Å². The average molecular weight is 279 g/mol. The van der Waals surface area contributed by atoms with Crippen molar-refractivity contribution in [3.8, 4) is 0 Å². The van der Waals surface area contributed by atoms with E-state index in [4.69, 9.17) is 11.6 Å². The lowest BCUT2D eigenvalue weighted by atomic mass is 9.91. The fourth-order valence-corrected chi connectivity index (χ4v) is 2.23. The highest BCUT2D eigenvalue weighted by atomic mass is 35.5. The van der Waals surface area contributed by atoms with Crippen molar-refractivity contribution in [1.82, 2.24) is 0 Å². The molecular formula is C14H18ClF3. The first-order valence-corrected chi connectivity index (χ1v) is 6.60. The van der Waals surface area contributed by atoms with Gasteiger partial charge in [-0.05, 0) is 30.0 Å². The van der Waals surface area contributed by atoms with Gasteiger partial charge in [-0.15, -0.1) is 0 Å². The molecule has 0 nitrogen and oxygen atoms in total. The number of benzene rings is 1. The van der Waals surface area contributed by atoms with Gasteiger partial charge in [-0.3, -0.25) is 0 Å². The molecule has 0 N–H and O–H groups in total. The normalized spacial score (nSPS) is 13.7. The molecule has 102 valence electrons. The second kappa shape index (κ2) is 6.46. The third kappa shape index (κ3) is 4.20. The molecule has 0 radical (unpaired) electrons. The van der Waals surface area contributed by atoms with E-state index in [0.717, 1.165) is 31.7 Å². The van der Waals surface area contributed by atoms with Gasteiger partial charge in [0.05, 0.1) is 5.56 Å². The number of halogens is 4. The van der Waals surface area contributed by atoms with Crippen molar-refractivity contribution in [3.05, 3.63) is 34.3 Å². The Morgan fingerprint density at radius 1 is 1.22 bits per heavy atom. The van der Waals surface area contributed by atoms with Crippen LogP contribution in [0.3, 0.4) is 0 Å². The van der Waals surface area contributed by atoms with Crippen LogP contribution in [-0.2, 0) is 6.18 Å². The van der Waals surface area contributed by atoms with E-state index in [-0.39, 0.29) is 10.9 Å². The minimum atomic E-state index is -4.33. The maximum absolute atomic E-state index is 12.9. The van der Waals surface area contributed by atoms with E-state index in [9.17, 15) is 13.2 Å². The van der Waals surface area contributed by atoms with E-state index >= 15 is 0 Å². The van der Waals surface area contributed by atoms with Gasteiger partial charge in [0.15, 0.2) is 0 Å². The summed E-state index contributed by atoms with van der Waals surface area (Å²) in [7, 11) is 0. The molecule has 1 unspecified atom stereocenters. The topological polar surface area (TPSA) is 0 Å². The molecule has 0 saturated carbocycles. The molecule has 0 aliphatic rings. The highest BCUT2D eigenvalue weighted by Crippen LogP contribution is 2.38. The van der Waals surface area contributed by atoms with Crippen LogP contribution in [0.5, 0.6) is 0 Å². The summed E-state index contributed by atoms with van der Waals surface area (Å²) >= 11 is 5.65. The summed E-state index contributed by atoms with van der Waals surface area (Å²) < 4.78 is 38.8. The molecule has 0 spiro atoms. The predicted octanol–water partition coefficient (Wildman–Crippen LogP) is 6.04. The summed E-state index contributed by atoms with van der Waals surface area (Å²) in [5.41, 5.74) is -0.248. The van der Waals surface area contributed by atoms with Crippen molar-refractivity contribution in [2.24, 2.45) is 0 Å². The monoisotopic (exact) mass is 278 g/mol. The van der Waals surface area contributed by atoms with E-state index in [1.54, 1.807) is 0 Å². The summed E-state index contributed by atoms with van der Waals surface area (Å²) in [6.45, 7) is 3.92. The van der Waals surface area contributed by atoms with E-state index in [1.165, 1.54) is 12.1 Å². The molecule has 0 aromatic heterocycles. The number of hydrogen-bond donors (Lipinski definition) is 0. The van der Waals surface area contributed by atoms with Gasteiger partial charge in [0.25, 0.3) is 0 Å². The van der Waals surface area contributed by atoms with Gasteiger partial charge in [0.2, 0.25) is 0 Å². The summed E-state index contributed by atoms with van der Waals surface area (Å²) in [5.74, 6) is -0.0922. The Balaban J connectivity index is 2.93. The number of rotatable bonds is 5. The highest BCUT2D eigenvalue weighted by Gasteiger charge is 2.34. The SMILES string of the molecule is CCCCCC(C)c1ccc(Cl)cc1C(F)(F)F. The van der Waals surface area contributed by atoms with Crippen molar-refractivity contribution in [1.29, 1.82) is 0 Å². The molecule has 0 amide bonds. The van der Waals surface area contributed by atoms with Gasteiger partial charge < -0.3 is 0 Å². The van der Waals surface area contributed by atoms with Gasteiger partial charge in [-0.25, -0.2) is 0 Å². The van der Waals surface area contributed by atoms with E-state index in [0.29, 0.717) is 5.56 Å². The lowest BCUT2D eigenvalue weighted by Crippen LogP contribution is -2.11. The smallest absolute Gasteiger partial charge is 0.166 e. The zero-order valence-electron chi connectivity index (χ0n) is 10.6. The Morgan fingerprint density at radius 3 is 2.44 bits per heavy atom. The second-order valence-electron chi connectivity index (χ2n) is 4.63. The molecule has 0 bridgehead atoms. The lowest BCUT2D eigenvalue weighted by Gasteiger charge is -2.18. The van der Waals surface area contributed by atoms with Crippen LogP contribution >= 0.6 is 11.6 Å². The summed E-state index contributed by atoms with van der Waals surface area (Å²) in [6, 6.07) is 4.05. The van der Waals surface area contributed by atoms with Gasteiger partial charge in [0, 0.05) is 5.02 Å². The minimum absolute atomic E-state index is 0.0922. The van der Waals surface area contributed by atoms with Gasteiger partial charge in [-0.1, -0.05) is 50.8 Å². The van der Waals surface area contributed by atoms with E-state index in [1.807, 2.05) is 6.92 Å². The van der Waals surface area contributed by atoms with Crippen molar-refractivity contribution < 1.29 is 13.2 Å². The fraction of sp³-hybridized carbons (Fsp3) is 0.571. The molecular weight excluding hydrogens is 261 g/mol. The highest BCUT2D eigenvalue weighted by molar-refractivity contribution is 6.30. The number of hydrogen-bond acceptors (Lipinski definition) is 0. The molecule has 0 fully saturated rings. The van der Waals surface area contributed by atoms with Gasteiger partial charge in [-0.2, -0.15) is 13.2 Å². The van der Waals surface area contributed by atoms with Crippen LogP contribution in [0.2, 0.25) is 5.02 Å². The van der Waals surface area contributed by atoms with Crippen molar-refractivity contribution >= 4 is 11.6 Å². The van der Waals surface area contributed by atoms with Crippen LogP contribution in [-0.4, -0.2) is 0 Å². The molecule has 0 aliphatic carbocycles. The largest absolute Gasteiger partial charge is 0.416 e. The molecule has 0 aliphatic heterocycles. The quantitative estimate of drug-likeness (QED) is 0.576. The molecule has 4 heteroatoms. The van der Waals surface area contributed by atoms with Crippen LogP contribution in [0.25, 0.3) is 0 Å². The fourth-order valence-electron chi connectivity index (χ4n) is 2.06. The summed E-state index contributed by atoms with van der Waals surface area (Å²) in [5, 5.41) is 0.131. The zero-order chi connectivity index (χ0) is 13.8.